The summed E-state index contributed by atoms with van der Waals surface area (Å²) in [4.78, 5) is 4.46. The molecule has 0 aromatic heterocycles. The average Bonchev–Trinajstić information content (AvgIpc) is 3.15. The highest BCUT2D eigenvalue weighted by Crippen LogP contribution is 2.22. The van der Waals surface area contributed by atoms with Crippen LogP contribution in [0.1, 0.15) is 18.4 Å². The molecule has 0 saturated carbocycles. The number of rotatable bonds is 5. The van der Waals surface area contributed by atoms with Crippen molar-refractivity contribution in [1.29, 1.82) is 0 Å². The zero-order valence-electron chi connectivity index (χ0n) is 14.2. The minimum absolute atomic E-state index is 0.118. The van der Waals surface area contributed by atoms with Crippen molar-refractivity contribution in [1.82, 2.24) is 5.32 Å². The summed E-state index contributed by atoms with van der Waals surface area (Å²) < 4.78 is 20.4. The lowest BCUT2D eigenvalue weighted by Gasteiger charge is -2.16. The number of ether oxygens (including phenoxy) is 1. The summed E-state index contributed by atoms with van der Waals surface area (Å²) in [6, 6.07) is 11.7. The van der Waals surface area contributed by atoms with Crippen molar-refractivity contribution < 1.29 is 14.2 Å². The number of hydrogen-bond acceptors (Lipinski definition) is 3. The molecule has 1 aliphatic heterocycles. The van der Waals surface area contributed by atoms with E-state index in [1.165, 1.54) is 6.07 Å². The molecular weight excluding hydrogens is 401 g/mol. The number of para-hydroxylation sites is 2. The van der Waals surface area contributed by atoms with Crippen molar-refractivity contribution in [2.24, 2.45) is 4.99 Å². The van der Waals surface area contributed by atoms with Gasteiger partial charge >= 0.3 is 0 Å². The summed E-state index contributed by atoms with van der Waals surface area (Å²) in [5.41, 5.74) is 1.01. The number of guanidine groups is 1. The number of nitrogens with one attached hydrogen (secondary N) is 2. The van der Waals surface area contributed by atoms with Crippen molar-refractivity contribution in [3.8, 4) is 5.75 Å². The first kappa shape index (κ1) is 18.7. The van der Waals surface area contributed by atoms with E-state index in [4.69, 9.17) is 4.74 Å². The molecule has 0 radical (unpaired) electrons. The van der Waals surface area contributed by atoms with E-state index in [0.29, 0.717) is 23.8 Å². The van der Waals surface area contributed by atoms with Crippen molar-refractivity contribution >= 4 is 27.6 Å². The molecule has 0 amide bonds. The molecule has 3 rings (SSSR count). The Labute approximate surface area is 160 Å². The number of anilines is 1. The Hall–Kier alpha value is -2.12. The second-order valence-corrected chi connectivity index (χ2v) is 6.97. The van der Waals surface area contributed by atoms with Gasteiger partial charge in [0.2, 0.25) is 0 Å². The van der Waals surface area contributed by atoms with Gasteiger partial charge in [0.1, 0.15) is 11.6 Å². The van der Waals surface area contributed by atoms with Gasteiger partial charge in [0.15, 0.2) is 5.96 Å². The van der Waals surface area contributed by atoms with Crippen LogP contribution in [0.5, 0.6) is 5.75 Å². The second-order valence-electron chi connectivity index (χ2n) is 6.06. The van der Waals surface area contributed by atoms with Crippen LogP contribution in [0.2, 0.25) is 0 Å². The van der Waals surface area contributed by atoms with Crippen LogP contribution in [0.25, 0.3) is 0 Å². The van der Waals surface area contributed by atoms with Crippen LogP contribution in [0, 0.1) is 5.82 Å². The van der Waals surface area contributed by atoms with Crippen molar-refractivity contribution in [3.05, 3.63) is 58.3 Å². The number of aliphatic imine (C=N–C) groups is 1. The van der Waals surface area contributed by atoms with E-state index < -0.39 is 0 Å². The van der Waals surface area contributed by atoms with Crippen LogP contribution >= 0.6 is 15.9 Å². The number of nitrogens with zero attached hydrogens (tertiary/aromatic N) is 1. The third-order valence-electron chi connectivity index (χ3n) is 4.09. The highest BCUT2D eigenvalue weighted by molar-refractivity contribution is 9.10. The molecule has 0 spiro atoms. The second kappa shape index (κ2) is 9.00. The third-order valence-corrected chi connectivity index (χ3v) is 4.59. The topological polar surface area (TPSA) is 65.9 Å². The Bertz CT molecular complexity index is 779. The Morgan fingerprint density at radius 2 is 2.15 bits per heavy atom. The van der Waals surface area contributed by atoms with Gasteiger partial charge < -0.3 is 20.5 Å². The molecule has 7 heteroatoms. The zero-order chi connectivity index (χ0) is 18.4. The molecule has 1 aliphatic rings. The largest absolute Gasteiger partial charge is 0.506 e. The molecule has 0 bridgehead atoms. The minimum Gasteiger partial charge on any atom is -0.506 e. The highest BCUT2D eigenvalue weighted by Gasteiger charge is 2.16. The molecular formula is C19H21BrFN3O2. The van der Waals surface area contributed by atoms with Crippen LogP contribution in [0.15, 0.2) is 51.9 Å². The van der Waals surface area contributed by atoms with E-state index in [1.807, 2.05) is 6.07 Å². The first-order valence-electron chi connectivity index (χ1n) is 8.50. The summed E-state index contributed by atoms with van der Waals surface area (Å²) in [7, 11) is 0. The van der Waals surface area contributed by atoms with Gasteiger partial charge in [-0.1, -0.05) is 28.1 Å². The fourth-order valence-electron chi connectivity index (χ4n) is 2.69. The lowest BCUT2D eigenvalue weighted by Crippen LogP contribution is -2.36. The Balaban J connectivity index is 1.74. The maximum atomic E-state index is 14.0. The number of halogens is 2. The smallest absolute Gasteiger partial charge is 0.196 e. The van der Waals surface area contributed by atoms with E-state index >= 15 is 0 Å². The molecule has 0 aliphatic carbocycles. The van der Waals surface area contributed by atoms with Gasteiger partial charge in [0, 0.05) is 23.2 Å². The zero-order valence-corrected chi connectivity index (χ0v) is 15.8. The number of aromatic hydroxyl groups is 1. The molecule has 1 fully saturated rings. The summed E-state index contributed by atoms with van der Waals surface area (Å²) in [5, 5.41) is 16.3. The number of hydrogen-bond donors (Lipinski definition) is 3. The van der Waals surface area contributed by atoms with Crippen LogP contribution < -0.4 is 10.6 Å². The predicted octanol–water partition coefficient (Wildman–Crippen LogP) is 4.03. The normalized spacial score (nSPS) is 17.3. The average molecular weight is 422 g/mol. The van der Waals surface area contributed by atoms with Crippen LogP contribution in [-0.2, 0) is 11.3 Å². The highest BCUT2D eigenvalue weighted by atomic mass is 79.9. The SMILES string of the molecule is Oc1ccccc1NC(=NCc1cc(Br)ccc1F)NCC1CCCO1. The van der Waals surface area contributed by atoms with E-state index in [9.17, 15) is 9.50 Å². The Morgan fingerprint density at radius 1 is 1.31 bits per heavy atom. The van der Waals surface area contributed by atoms with Gasteiger partial charge in [0.05, 0.1) is 18.3 Å². The quantitative estimate of drug-likeness (QED) is 0.387. The third kappa shape index (κ3) is 5.19. The fraction of sp³-hybridized carbons (Fsp3) is 0.316. The Morgan fingerprint density at radius 3 is 2.92 bits per heavy atom. The summed E-state index contributed by atoms with van der Waals surface area (Å²) in [6.07, 6.45) is 2.18. The first-order chi connectivity index (χ1) is 12.6. The van der Waals surface area contributed by atoms with Crippen LogP contribution in [0.4, 0.5) is 10.1 Å². The summed E-state index contributed by atoms with van der Waals surface area (Å²) >= 11 is 3.35. The molecule has 138 valence electrons. The van der Waals surface area contributed by atoms with Gasteiger partial charge in [-0.15, -0.1) is 0 Å². The number of phenols is 1. The predicted molar refractivity (Wildman–Crippen MR) is 104 cm³/mol. The van der Waals surface area contributed by atoms with Crippen molar-refractivity contribution in [2.45, 2.75) is 25.5 Å². The van der Waals surface area contributed by atoms with E-state index in [1.54, 1.807) is 30.3 Å². The fourth-order valence-corrected chi connectivity index (χ4v) is 3.10. The van der Waals surface area contributed by atoms with Gasteiger partial charge in [-0.3, -0.25) is 0 Å². The molecule has 3 N–H and O–H groups in total. The summed E-state index contributed by atoms with van der Waals surface area (Å²) in [6.45, 7) is 1.54. The van der Waals surface area contributed by atoms with E-state index in [0.717, 1.165) is 23.9 Å². The van der Waals surface area contributed by atoms with Gasteiger partial charge in [0.25, 0.3) is 0 Å². The first-order valence-corrected chi connectivity index (χ1v) is 9.30. The molecule has 1 heterocycles. The monoisotopic (exact) mass is 421 g/mol. The van der Waals surface area contributed by atoms with Gasteiger partial charge in [-0.25, -0.2) is 9.38 Å². The molecule has 1 unspecified atom stereocenters. The van der Waals surface area contributed by atoms with E-state index in [-0.39, 0.29) is 24.2 Å². The van der Waals surface area contributed by atoms with Crippen molar-refractivity contribution in [3.63, 3.8) is 0 Å². The molecule has 5 nitrogen and oxygen atoms in total. The maximum Gasteiger partial charge on any atom is 0.196 e. The molecule has 26 heavy (non-hydrogen) atoms. The van der Waals surface area contributed by atoms with Crippen LogP contribution in [-0.4, -0.2) is 30.3 Å². The molecule has 1 atom stereocenters. The lowest BCUT2D eigenvalue weighted by molar-refractivity contribution is 0.114. The number of phenolic OH excluding ortho intramolecular Hbond substituents is 1. The van der Waals surface area contributed by atoms with E-state index in [2.05, 4.69) is 31.6 Å². The molecule has 2 aromatic rings. The number of benzene rings is 2. The molecule has 2 aromatic carbocycles. The summed E-state index contributed by atoms with van der Waals surface area (Å²) in [5.74, 6) is 0.270. The lowest BCUT2D eigenvalue weighted by atomic mass is 10.2. The minimum atomic E-state index is -0.307. The van der Waals surface area contributed by atoms with Gasteiger partial charge in [-0.2, -0.15) is 0 Å². The van der Waals surface area contributed by atoms with Gasteiger partial charge in [-0.05, 0) is 43.2 Å². The Kier molecular flexibility index (Phi) is 6.46. The standard InChI is InChI=1S/C19H21BrFN3O2/c20-14-7-8-16(21)13(10-14)11-22-19(23-12-15-4-3-9-26-15)24-17-5-1-2-6-18(17)25/h1-2,5-8,10,15,25H,3-4,9,11-12H2,(H2,22,23,24). The maximum absolute atomic E-state index is 14.0. The molecule has 1 saturated heterocycles. The van der Waals surface area contributed by atoms with Crippen molar-refractivity contribution in [2.75, 3.05) is 18.5 Å². The van der Waals surface area contributed by atoms with Crippen LogP contribution in [0.3, 0.4) is 0 Å².